The van der Waals surface area contributed by atoms with E-state index in [0.29, 0.717) is 29.6 Å². The molecule has 1 aliphatic heterocycles. The second-order valence-corrected chi connectivity index (χ2v) is 6.50. The highest BCUT2D eigenvalue weighted by atomic mass is 16.5. The van der Waals surface area contributed by atoms with E-state index < -0.39 is 0 Å². The second-order valence-electron chi connectivity index (χ2n) is 6.50. The first-order valence-electron chi connectivity index (χ1n) is 9.29. The van der Waals surface area contributed by atoms with Crippen molar-refractivity contribution in [2.24, 2.45) is 0 Å². The van der Waals surface area contributed by atoms with Crippen LogP contribution < -0.4 is 10.1 Å². The molecule has 1 amide bonds. The number of carbonyl (C=O) groups excluding carboxylic acids is 1. The van der Waals surface area contributed by atoms with Crippen LogP contribution >= 0.6 is 0 Å². The van der Waals surface area contributed by atoms with Crippen LogP contribution in [0.1, 0.15) is 12.8 Å². The third-order valence-corrected chi connectivity index (χ3v) is 4.47. The van der Waals surface area contributed by atoms with Crippen molar-refractivity contribution in [3.8, 4) is 28.7 Å². The molecule has 1 N–H and O–H groups in total. The molecule has 0 saturated carbocycles. The number of amides is 1. The molecule has 1 aliphatic rings. The first-order valence-corrected chi connectivity index (χ1v) is 9.29. The number of ether oxygens (including phenoxy) is 2. The molecule has 0 bridgehead atoms. The van der Waals surface area contributed by atoms with E-state index in [1.807, 2.05) is 48.5 Å². The predicted octanol–water partition coefficient (Wildman–Crippen LogP) is 3.08. The van der Waals surface area contributed by atoms with Gasteiger partial charge in [-0.15, -0.1) is 10.2 Å². The Hall–Kier alpha value is -3.19. The van der Waals surface area contributed by atoms with Gasteiger partial charge in [0.25, 0.3) is 11.8 Å². The molecule has 0 aliphatic carbocycles. The minimum Gasteiger partial charge on any atom is -0.483 e. The number of nitrogens with zero attached hydrogens (tertiary/aromatic N) is 2. The standard InChI is InChI=1S/C21H21N3O4/c25-19(22-13-16-9-6-12-26-16)14-27-18-11-5-4-10-17(18)21-24-23-20(28-21)15-7-2-1-3-8-15/h1-5,7-8,10-11,16H,6,9,12-14H2,(H,22,25)/t16-/m0/s1. The van der Waals surface area contributed by atoms with Gasteiger partial charge in [0.05, 0.1) is 11.7 Å². The molecule has 1 aromatic heterocycles. The van der Waals surface area contributed by atoms with Crippen LogP contribution in [0.5, 0.6) is 5.75 Å². The van der Waals surface area contributed by atoms with Crippen LogP contribution in [0.2, 0.25) is 0 Å². The van der Waals surface area contributed by atoms with Gasteiger partial charge in [-0.05, 0) is 37.1 Å². The molecule has 28 heavy (non-hydrogen) atoms. The van der Waals surface area contributed by atoms with Gasteiger partial charge in [-0.2, -0.15) is 0 Å². The first-order chi connectivity index (χ1) is 13.8. The van der Waals surface area contributed by atoms with Gasteiger partial charge in [-0.3, -0.25) is 4.79 Å². The Morgan fingerprint density at radius 2 is 1.86 bits per heavy atom. The molecule has 1 atom stereocenters. The largest absolute Gasteiger partial charge is 0.483 e. The van der Waals surface area contributed by atoms with E-state index >= 15 is 0 Å². The topological polar surface area (TPSA) is 86.5 Å². The SMILES string of the molecule is O=C(COc1ccccc1-c1nnc(-c2ccccc2)o1)NC[C@@H]1CCCO1. The molecule has 0 radical (unpaired) electrons. The maximum absolute atomic E-state index is 12.1. The van der Waals surface area contributed by atoms with Crippen LogP contribution in [0.15, 0.2) is 59.0 Å². The Bertz CT molecular complexity index is 920. The summed E-state index contributed by atoms with van der Waals surface area (Å²) in [4.78, 5) is 12.1. The number of carbonyl (C=O) groups is 1. The van der Waals surface area contributed by atoms with Crippen LogP contribution in [0, 0.1) is 0 Å². The average Bonchev–Trinajstić information content (AvgIpc) is 3.44. The van der Waals surface area contributed by atoms with Crippen LogP contribution in [-0.2, 0) is 9.53 Å². The van der Waals surface area contributed by atoms with Gasteiger partial charge < -0.3 is 19.2 Å². The molecule has 0 spiro atoms. The van der Waals surface area contributed by atoms with Gasteiger partial charge in [0, 0.05) is 18.7 Å². The van der Waals surface area contributed by atoms with Crippen molar-refractivity contribution in [3.63, 3.8) is 0 Å². The Morgan fingerprint density at radius 1 is 1.07 bits per heavy atom. The third-order valence-electron chi connectivity index (χ3n) is 4.47. The Labute approximate surface area is 162 Å². The quantitative estimate of drug-likeness (QED) is 0.679. The molecule has 2 heterocycles. The molecule has 3 aromatic rings. The lowest BCUT2D eigenvalue weighted by molar-refractivity contribution is -0.123. The number of para-hydroxylation sites is 1. The summed E-state index contributed by atoms with van der Waals surface area (Å²) in [6, 6.07) is 16.8. The van der Waals surface area contributed by atoms with Gasteiger partial charge >= 0.3 is 0 Å². The van der Waals surface area contributed by atoms with Crippen LogP contribution in [0.25, 0.3) is 22.9 Å². The number of benzene rings is 2. The van der Waals surface area contributed by atoms with Crippen molar-refractivity contribution in [2.45, 2.75) is 18.9 Å². The van der Waals surface area contributed by atoms with Crippen molar-refractivity contribution in [2.75, 3.05) is 19.8 Å². The molecular formula is C21H21N3O4. The Kier molecular flexibility index (Phi) is 5.63. The van der Waals surface area contributed by atoms with E-state index in [1.165, 1.54) is 0 Å². The van der Waals surface area contributed by atoms with Crippen molar-refractivity contribution >= 4 is 5.91 Å². The zero-order valence-corrected chi connectivity index (χ0v) is 15.3. The molecule has 1 fully saturated rings. The minimum atomic E-state index is -0.194. The fraction of sp³-hybridized carbons (Fsp3) is 0.286. The van der Waals surface area contributed by atoms with Gasteiger partial charge in [0.2, 0.25) is 5.89 Å². The molecular weight excluding hydrogens is 358 g/mol. The number of hydrogen-bond acceptors (Lipinski definition) is 6. The molecule has 2 aromatic carbocycles. The zero-order chi connectivity index (χ0) is 19.2. The van der Waals surface area contributed by atoms with Crippen molar-refractivity contribution in [1.29, 1.82) is 0 Å². The summed E-state index contributed by atoms with van der Waals surface area (Å²) in [5.74, 6) is 1.09. The molecule has 7 nitrogen and oxygen atoms in total. The lowest BCUT2D eigenvalue weighted by atomic mass is 10.2. The van der Waals surface area contributed by atoms with E-state index in [1.54, 1.807) is 6.07 Å². The van der Waals surface area contributed by atoms with Gasteiger partial charge in [0.15, 0.2) is 6.61 Å². The van der Waals surface area contributed by atoms with Crippen molar-refractivity contribution in [1.82, 2.24) is 15.5 Å². The van der Waals surface area contributed by atoms with Crippen LogP contribution in [-0.4, -0.2) is 42.0 Å². The van der Waals surface area contributed by atoms with E-state index in [0.717, 1.165) is 25.0 Å². The lowest BCUT2D eigenvalue weighted by Crippen LogP contribution is -2.35. The normalized spacial score (nSPS) is 16.1. The summed E-state index contributed by atoms with van der Waals surface area (Å²) < 4.78 is 17.0. The summed E-state index contributed by atoms with van der Waals surface area (Å²) in [7, 11) is 0. The minimum absolute atomic E-state index is 0.0938. The molecule has 144 valence electrons. The summed E-state index contributed by atoms with van der Waals surface area (Å²) in [6.07, 6.45) is 2.12. The van der Waals surface area contributed by atoms with E-state index in [-0.39, 0.29) is 18.6 Å². The highest BCUT2D eigenvalue weighted by Gasteiger charge is 2.18. The van der Waals surface area contributed by atoms with Gasteiger partial charge in [-0.1, -0.05) is 30.3 Å². The molecule has 1 saturated heterocycles. The van der Waals surface area contributed by atoms with Gasteiger partial charge in [0.1, 0.15) is 5.75 Å². The number of hydrogen-bond donors (Lipinski definition) is 1. The zero-order valence-electron chi connectivity index (χ0n) is 15.3. The Balaban J connectivity index is 1.41. The number of nitrogens with one attached hydrogen (secondary N) is 1. The Morgan fingerprint density at radius 3 is 2.68 bits per heavy atom. The monoisotopic (exact) mass is 379 g/mol. The van der Waals surface area contributed by atoms with Gasteiger partial charge in [-0.25, -0.2) is 0 Å². The lowest BCUT2D eigenvalue weighted by Gasteiger charge is -2.12. The van der Waals surface area contributed by atoms with E-state index in [9.17, 15) is 4.79 Å². The number of rotatable bonds is 7. The molecule has 0 unspecified atom stereocenters. The molecule has 4 rings (SSSR count). The van der Waals surface area contributed by atoms with Crippen LogP contribution in [0.4, 0.5) is 0 Å². The number of aromatic nitrogens is 2. The summed E-state index contributed by atoms with van der Waals surface area (Å²) in [5.41, 5.74) is 1.48. The van der Waals surface area contributed by atoms with E-state index in [4.69, 9.17) is 13.9 Å². The summed E-state index contributed by atoms with van der Waals surface area (Å²) in [6.45, 7) is 1.18. The average molecular weight is 379 g/mol. The maximum atomic E-state index is 12.1. The fourth-order valence-electron chi connectivity index (χ4n) is 3.03. The predicted molar refractivity (Wildman–Crippen MR) is 103 cm³/mol. The highest BCUT2D eigenvalue weighted by molar-refractivity contribution is 5.78. The third kappa shape index (κ3) is 4.37. The highest BCUT2D eigenvalue weighted by Crippen LogP contribution is 2.30. The second kappa shape index (κ2) is 8.67. The molecule has 7 heteroatoms. The summed E-state index contributed by atoms with van der Waals surface area (Å²) >= 11 is 0. The van der Waals surface area contributed by atoms with Crippen molar-refractivity contribution < 1.29 is 18.7 Å². The smallest absolute Gasteiger partial charge is 0.258 e. The van der Waals surface area contributed by atoms with E-state index in [2.05, 4.69) is 15.5 Å². The van der Waals surface area contributed by atoms with Crippen LogP contribution in [0.3, 0.4) is 0 Å². The fourth-order valence-corrected chi connectivity index (χ4v) is 3.03. The maximum Gasteiger partial charge on any atom is 0.258 e. The summed E-state index contributed by atoms with van der Waals surface area (Å²) in [5, 5.41) is 11.1. The first kappa shape index (κ1) is 18.2. The van der Waals surface area contributed by atoms with Crippen molar-refractivity contribution in [3.05, 3.63) is 54.6 Å².